The molecule has 2 unspecified atom stereocenters. The second-order valence-electron chi connectivity index (χ2n) is 10.3. The topological polar surface area (TPSA) is 106 Å². The van der Waals surface area contributed by atoms with E-state index in [0.717, 1.165) is 12.8 Å². The average Bonchev–Trinajstić information content (AvgIpc) is 3.57. The number of rotatable bonds is 10. The van der Waals surface area contributed by atoms with Crippen molar-refractivity contribution in [1.29, 1.82) is 0 Å². The summed E-state index contributed by atoms with van der Waals surface area (Å²) in [4.78, 5) is 29.9. The van der Waals surface area contributed by atoms with Crippen molar-refractivity contribution in [2.45, 2.75) is 104 Å². The van der Waals surface area contributed by atoms with Gasteiger partial charge in [-0.05, 0) is 57.6 Å². The Bertz CT molecular complexity index is 1080. The molecule has 1 aliphatic carbocycles. The molecule has 0 aliphatic heterocycles. The molecule has 0 radical (unpaired) electrons. The minimum atomic E-state index is -1.33. The molecule has 2 aromatic rings. The van der Waals surface area contributed by atoms with Crippen LogP contribution in [0.15, 0.2) is 16.7 Å². The summed E-state index contributed by atoms with van der Waals surface area (Å²) >= 11 is 0. The minimum Gasteiger partial charge on any atom is -0.444 e. The van der Waals surface area contributed by atoms with E-state index in [9.17, 15) is 22.8 Å². The number of alkyl carbamates (subject to hydrolysis) is 1. The van der Waals surface area contributed by atoms with Gasteiger partial charge >= 0.3 is 6.09 Å². The highest BCUT2D eigenvalue weighted by molar-refractivity contribution is 5.78. The van der Waals surface area contributed by atoms with Crippen molar-refractivity contribution in [2.75, 3.05) is 0 Å². The third-order valence-electron chi connectivity index (χ3n) is 5.90. The standard InChI is InChI=1S/C25H33F3N4O4.C2H6/c1-6-13(2)21(23-31-22(32-36-23)14-7-8-14)30-20(33)11-16(29-24(34)35-25(3,4)5)9-15-10-18(27)19(28)12-17(15)26;1-2/h10,12-14,16,21H,6-9,11H2,1-5H3,(H,29,34)(H,30,33);1-2H3/t13?,16?,21-;/m0./s1. The van der Waals surface area contributed by atoms with Crippen LogP contribution in [0.3, 0.4) is 0 Å². The number of hydrogen-bond donors (Lipinski definition) is 2. The lowest BCUT2D eigenvalue weighted by molar-refractivity contribution is -0.122. The molecule has 1 aromatic heterocycles. The molecule has 2 amide bonds. The number of nitrogens with one attached hydrogen (secondary N) is 2. The Hall–Kier alpha value is -3.11. The van der Waals surface area contributed by atoms with Crippen LogP contribution in [0.5, 0.6) is 0 Å². The molecule has 1 fully saturated rings. The van der Waals surface area contributed by atoms with Crippen LogP contribution in [0.2, 0.25) is 0 Å². The molecule has 3 atom stereocenters. The number of ether oxygens (including phenoxy) is 1. The summed E-state index contributed by atoms with van der Waals surface area (Å²) < 4.78 is 52.1. The van der Waals surface area contributed by atoms with Crippen molar-refractivity contribution in [3.63, 3.8) is 0 Å². The number of benzene rings is 1. The maximum atomic E-state index is 14.3. The molecule has 3 rings (SSSR count). The van der Waals surface area contributed by atoms with Gasteiger partial charge in [0.15, 0.2) is 17.5 Å². The molecular formula is C27H39F3N4O4. The summed E-state index contributed by atoms with van der Waals surface area (Å²) in [7, 11) is 0. The van der Waals surface area contributed by atoms with Crippen LogP contribution >= 0.6 is 0 Å². The van der Waals surface area contributed by atoms with Crippen molar-refractivity contribution in [2.24, 2.45) is 5.92 Å². The first-order chi connectivity index (χ1) is 17.9. The normalized spacial score (nSPS) is 15.5. The van der Waals surface area contributed by atoms with Gasteiger partial charge in [0, 0.05) is 24.4 Å². The van der Waals surface area contributed by atoms with Gasteiger partial charge in [-0.15, -0.1) is 0 Å². The van der Waals surface area contributed by atoms with E-state index in [2.05, 4.69) is 20.8 Å². The molecule has 11 heteroatoms. The fourth-order valence-electron chi connectivity index (χ4n) is 3.65. The Morgan fingerprint density at radius 3 is 2.32 bits per heavy atom. The summed E-state index contributed by atoms with van der Waals surface area (Å²) in [5.41, 5.74) is -1.00. The van der Waals surface area contributed by atoms with Crippen molar-refractivity contribution in [3.8, 4) is 0 Å². The number of halogens is 3. The zero-order valence-corrected chi connectivity index (χ0v) is 23.2. The average molecular weight is 541 g/mol. The summed E-state index contributed by atoms with van der Waals surface area (Å²) in [6.07, 6.45) is 1.33. The second kappa shape index (κ2) is 13.6. The quantitative estimate of drug-likeness (QED) is 0.352. The number of hydrogen-bond acceptors (Lipinski definition) is 6. The first-order valence-electron chi connectivity index (χ1n) is 13.1. The van der Waals surface area contributed by atoms with Crippen LogP contribution in [0.1, 0.15) is 103 Å². The first-order valence-corrected chi connectivity index (χ1v) is 13.1. The summed E-state index contributed by atoms with van der Waals surface area (Å²) in [6.45, 7) is 12.9. The molecule has 0 saturated heterocycles. The van der Waals surface area contributed by atoms with E-state index in [1.807, 2.05) is 27.7 Å². The number of aromatic nitrogens is 2. The SMILES string of the molecule is CC.CCC(C)[C@H](NC(=O)CC(Cc1cc(F)c(F)cc1F)NC(=O)OC(C)(C)C)c1nc(C2CC2)no1. The van der Waals surface area contributed by atoms with Gasteiger partial charge < -0.3 is 19.9 Å². The second-order valence-corrected chi connectivity index (χ2v) is 10.3. The predicted octanol–water partition coefficient (Wildman–Crippen LogP) is 6.12. The molecule has 0 spiro atoms. The zero-order chi connectivity index (χ0) is 28.6. The smallest absolute Gasteiger partial charge is 0.407 e. The molecule has 1 aliphatic rings. The largest absolute Gasteiger partial charge is 0.444 e. The van der Waals surface area contributed by atoms with Crippen molar-refractivity contribution < 1.29 is 32.0 Å². The van der Waals surface area contributed by atoms with E-state index in [1.165, 1.54) is 0 Å². The molecule has 1 saturated carbocycles. The van der Waals surface area contributed by atoms with Crippen molar-refractivity contribution in [1.82, 2.24) is 20.8 Å². The van der Waals surface area contributed by atoms with E-state index in [4.69, 9.17) is 9.26 Å². The number of amides is 2. The Labute approximate surface area is 222 Å². The predicted molar refractivity (Wildman–Crippen MR) is 136 cm³/mol. The van der Waals surface area contributed by atoms with Crippen molar-refractivity contribution >= 4 is 12.0 Å². The van der Waals surface area contributed by atoms with Gasteiger partial charge in [0.25, 0.3) is 0 Å². The van der Waals surface area contributed by atoms with E-state index in [0.29, 0.717) is 30.3 Å². The van der Waals surface area contributed by atoms with Gasteiger partial charge in [0.1, 0.15) is 17.5 Å². The molecule has 1 heterocycles. The lowest BCUT2D eigenvalue weighted by Crippen LogP contribution is -2.44. The van der Waals surface area contributed by atoms with E-state index >= 15 is 0 Å². The van der Waals surface area contributed by atoms with Gasteiger partial charge in [-0.2, -0.15) is 4.98 Å². The van der Waals surface area contributed by atoms with Crippen LogP contribution in [0, 0.1) is 23.4 Å². The molecular weight excluding hydrogens is 501 g/mol. The Balaban J connectivity index is 0.00000247. The highest BCUT2D eigenvalue weighted by atomic mass is 19.2. The fourth-order valence-corrected chi connectivity index (χ4v) is 3.65. The molecule has 212 valence electrons. The minimum absolute atomic E-state index is 0.0395. The number of carbonyl (C=O) groups excluding carboxylic acids is 2. The monoisotopic (exact) mass is 540 g/mol. The van der Waals surface area contributed by atoms with Gasteiger partial charge in [-0.3, -0.25) is 4.79 Å². The van der Waals surface area contributed by atoms with Crippen LogP contribution in [0.4, 0.5) is 18.0 Å². The highest BCUT2D eigenvalue weighted by Crippen LogP contribution is 2.39. The maximum absolute atomic E-state index is 14.3. The lowest BCUT2D eigenvalue weighted by atomic mass is 9.97. The Morgan fingerprint density at radius 2 is 1.74 bits per heavy atom. The third-order valence-corrected chi connectivity index (χ3v) is 5.90. The molecule has 8 nitrogen and oxygen atoms in total. The number of nitrogens with zero attached hydrogens (tertiary/aromatic N) is 2. The lowest BCUT2D eigenvalue weighted by Gasteiger charge is -2.25. The summed E-state index contributed by atoms with van der Waals surface area (Å²) in [6, 6.07) is -0.390. The molecule has 38 heavy (non-hydrogen) atoms. The van der Waals surface area contributed by atoms with Crippen LogP contribution in [-0.2, 0) is 16.0 Å². The maximum Gasteiger partial charge on any atom is 0.407 e. The van der Waals surface area contributed by atoms with Crippen LogP contribution in [-0.4, -0.2) is 33.8 Å². The Kier molecular flexibility index (Phi) is 11.1. The van der Waals surface area contributed by atoms with E-state index in [1.54, 1.807) is 20.8 Å². The zero-order valence-electron chi connectivity index (χ0n) is 23.2. The summed E-state index contributed by atoms with van der Waals surface area (Å²) in [5, 5.41) is 9.44. The van der Waals surface area contributed by atoms with Gasteiger partial charge in [-0.1, -0.05) is 39.3 Å². The molecule has 2 N–H and O–H groups in total. The molecule has 1 aromatic carbocycles. The first kappa shape index (κ1) is 31.1. The highest BCUT2D eigenvalue weighted by Gasteiger charge is 2.33. The third kappa shape index (κ3) is 9.33. The number of carbonyl (C=O) groups is 2. The Morgan fingerprint density at radius 1 is 1.11 bits per heavy atom. The van der Waals surface area contributed by atoms with Crippen molar-refractivity contribution in [3.05, 3.63) is 46.9 Å². The fraction of sp³-hybridized carbons (Fsp3) is 0.630. The van der Waals surface area contributed by atoms with Gasteiger partial charge in [0.05, 0.1) is 0 Å². The van der Waals surface area contributed by atoms with E-state index < -0.39 is 47.1 Å². The van der Waals surface area contributed by atoms with E-state index in [-0.39, 0.29) is 30.2 Å². The molecule has 0 bridgehead atoms. The van der Waals surface area contributed by atoms with Crippen LogP contribution in [0.25, 0.3) is 0 Å². The summed E-state index contributed by atoms with van der Waals surface area (Å²) in [5.74, 6) is -2.87. The van der Waals surface area contributed by atoms with Gasteiger partial charge in [0.2, 0.25) is 11.8 Å². The van der Waals surface area contributed by atoms with Gasteiger partial charge in [-0.25, -0.2) is 18.0 Å². The van der Waals surface area contributed by atoms with Crippen LogP contribution < -0.4 is 10.6 Å².